The minimum atomic E-state index is 0. The smallest absolute Gasteiger partial charge is 1.00 e. The van der Waals surface area contributed by atoms with Gasteiger partial charge in [0.25, 0.3) is 0 Å². The van der Waals surface area contributed by atoms with Crippen LogP contribution in [0.4, 0.5) is 0 Å². The van der Waals surface area contributed by atoms with Crippen molar-refractivity contribution in [2.45, 2.75) is 0 Å². The van der Waals surface area contributed by atoms with Crippen molar-refractivity contribution in [1.29, 1.82) is 0 Å². The first kappa shape index (κ1) is 75.7. The first-order valence-corrected chi connectivity index (χ1v) is 0. The minimum absolute atomic E-state index is 0. The van der Waals surface area contributed by atoms with Crippen molar-refractivity contribution in [3.05, 3.63) is 0 Å². The molecule has 6 heavy (non-hydrogen) atoms. The summed E-state index contributed by atoms with van der Waals surface area (Å²) in [4.78, 5) is 0. The molecule has 0 amide bonds. The van der Waals surface area contributed by atoms with Crippen molar-refractivity contribution in [2.75, 3.05) is 0 Å². The van der Waals surface area contributed by atoms with Gasteiger partial charge in [-0.1, -0.05) is 0 Å². The largest absolute Gasteiger partial charge is 2.00 e. The Hall–Kier alpha value is 2.53. The van der Waals surface area contributed by atoms with Crippen LogP contribution in [0.15, 0.2) is 0 Å². The van der Waals surface area contributed by atoms with Crippen LogP contribution in [0.1, 0.15) is 0 Å². The van der Waals surface area contributed by atoms with Crippen LogP contribution in [0.25, 0.3) is 0 Å². The Morgan fingerprint density at radius 1 is 0.667 bits per heavy atom. The zero-order valence-electron chi connectivity index (χ0n) is 3.06. The monoisotopic (exact) mass is 168 g/mol. The Balaban J connectivity index is 0. The quantitative estimate of drug-likeness (QED) is 0.338. The van der Waals surface area contributed by atoms with Gasteiger partial charge in [-0.3, -0.25) is 0 Å². The number of rotatable bonds is 0. The molecule has 0 aliphatic heterocycles. The van der Waals surface area contributed by atoms with E-state index in [0.29, 0.717) is 0 Å². The predicted molar refractivity (Wildman–Crippen MR) is 15.4 cm³/mol. The molecular formula is H2CaCl2MgO2. The molecule has 0 aromatic rings. The molecular weight excluding hydrogens is 167 g/mol. The third kappa shape index (κ3) is 31.2. The van der Waals surface area contributed by atoms with Crippen LogP contribution in [0, 0.1) is 0 Å². The van der Waals surface area contributed by atoms with Gasteiger partial charge >= 0.3 is 60.8 Å². The summed E-state index contributed by atoms with van der Waals surface area (Å²) in [5.74, 6) is 0. The van der Waals surface area contributed by atoms with E-state index in [1.54, 1.807) is 0 Å². The van der Waals surface area contributed by atoms with Crippen LogP contribution >= 0.6 is 0 Å². The van der Waals surface area contributed by atoms with Crippen LogP contribution < -0.4 is 24.8 Å². The third-order valence-electron chi connectivity index (χ3n) is 0. The summed E-state index contributed by atoms with van der Waals surface area (Å²) in [5, 5.41) is 0. The topological polar surface area (TPSA) is 60.0 Å². The molecule has 0 saturated heterocycles. The Morgan fingerprint density at radius 2 is 0.667 bits per heavy atom. The number of hydrogen-bond donors (Lipinski definition) is 0. The molecule has 0 rings (SSSR count). The van der Waals surface area contributed by atoms with Crippen molar-refractivity contribution in [3.63, 3.8) is 0 Å². The third-order valence-corrected chi connectivity index (χ3v) is 0. The summed E-state index contributed by atoms with van der Waals surface area (Å²) in [6, 6.07) is 0. The summed E-state index contributed by atoms with van der Waals surface area (Å²) in [7, 11) is 0. The Kier molecular flexibility index (Phi) is 634. The van der Waals surface area contributed by atoms with Crippen LogP contribution in [0.3, 0.4) is 0 Å². The predicted octanol–water partition coefficient (Wildman–Crippen LogP) is -7.11. The Labute approximate surface area is 95.0 Å². The fourth-order valence-electron chi connectivity index (χ4n) is 0. The van der Waals surface area contributed by atoms with Gasteiger partial charge < -0.3 is 35.8 Å². The molecule has 0 heterocycles. The molecule has 6 heteroatoms. The first-order valence-electron chi connectivity index (χ1n) is 0. The summed E-state index contributed by atoms with van der Waals surface area (Å²) >= 11 is 0. The van der Waals surface area contributed by atoms with E-state index in [4.69, 9.17) is 0 Å². The van der Waals surface area contributed by atoms with Crippen LogP contribution in [0.2, 0.25) is 0 Å². The molecule has 32 valence electrons. The first-order chi connectivity index (χ1) is 0. The Morgan fingerprint density at radius 3 is 0.667 bits per heavy atom. The molecule has 0 unspecified atom stereocenters. The van der Waals surface area contributed by atoms with Crippen molar-refractivity contribution in [2.24, 2.45) is 0 Å². The van der Waals surface area contributed by atoms with Crippen molar-refractivity contribution in [1.82, 2.24) is 0 Å². The molecule has 0 aliphatic rings. The van der Waals surface area contributed by atoms with Crippen molar-refractivity contribution < 1.29 is 35.8 Å². The van der Waals surface area contributed by atoms with Crippen LogP contribution in [-0.2, 0) is 0 Å². The molecule has 2 N–H and O–H groups in total. The van der Waals surface area contributed by atoms with E-state index >= 15 is 0 Å². The number of halogens is 2. The summed E-state index contributed by atoms with van der Waals surface area (Å²) in [6.45, 7) is 0. The molecule has 0 aromatic carbocycles. The van der Waals surface area contributed by atoms with Gasteiger partial charge in [-0.15, -0.1) is 0 Å². The van der Waals surface area contributed by atoms with Gasteiger partial charge in [0.2, 0.25) is 0 Å². The molecule has 0 bridgehead atoms. The van der Waals surface area contributed by atoms with Gasteiger partial charge in [-0.2, -0.15) is 0 Å². The van der Waals surface area contributed by atoms with Gasteiger partial charge in [0.15, 0.2) is 0 Å². The van der Waals surface area contributed by atoms with E-state index in [-0.39, 0.29) is 96.6 Å². The van der Waals surface area contributed by atoms with E-state index in [0.717, 1.165) is 0 Å². The van der Waals surface area contributed by atoms with E-state index in [1.165, 1.54) is 0 Å². The fraction of sp³-hybridized carbons (Fsp3) is 0. The second-order valence-electron chi connectivity index (χ2n) is 0. The van der Waals surface area contributed by atoms with Crippen molar-refractivity contribution >= 4 is 60.8 Å². The maximum atomic E-state index is 0. The SMILES string of the molecule is [Ca+2].[Cl-].[Cl-].[Mg+2].[OH-].[OH-]. The van der Waals surface area contributed by atoms with Gasteiger partial charge in [0.05, 0.1) is 0 Å². The molecule has 0 atom stereocenters. The van der Waals surface area contributed by atoms with Gasteiger partial charge in [-0.05, 0) is 0 Å². The van der Waals surface area contributed by atoms with E-state index in [9.17, 15) is 0 Å². The summed E-state index contributed by atoms with van der Waals surface area (Å²) in [5.41, 5.74) is 0. The molecule has 0 aliphatic carbocycles. The summed E-state index contributed by atoms with van der Waals surface area (Å²) < 4.78 is 0. The summed E-state index contributed by atoms with van der Waals surface area (Å²) in [6.07, 6.45) is 0. The van der Waals surface area contributed by atoms with Crippen LogP contribution in [-0.4, -0.2) is 71.7 Å². The van der Waals surface area contributed by atoms with Gasteiger partial charge in [-0.25, -0.2) is 0 Å². The van der Waals surface area contributed by atoms with Gasteiger partial charge in [0, 0.05) is 0 Å². The van der Waals surface area contributed by atoms with E-state index < -0.39 is 0 Å². The zero-order valence-corrected chi connectivity index (χ0v) is 8.20. The maximum absolute atomic E-state index is 0. The molecule has 0 saturated carbocycles. The van der Waals surface area contributed by atoms with Gasteiger partial charge in [0.1, 0.15) is 0 Å². The maximum Gasteiger partial charge on any atom is 2.00 e. The minimum Gasteiger partial charge on any atom is -1.00 e. The second kappa shape index (κ2) is 50.2. The molecule has 0 radical (unpaired) electrons. The molecule has 0 spiro atoms. The number of hydrogen-bond acceptors (Lipinski definition) is 2. The molecule has 0 fully saturated rings. The van der Waals surface area contributed by atoms with Crippen LogP contribution in [0.5, 0.6) is 0 Å². The van der Waals surface area contributed by atoms with Crippen molar-refractivity contribution in [3.8, 4) is 0 Å². The fourth-order valence-corrected chi connectivity index (χ4v) is 0. The van der Waals surface area contributed by atoms with E-state index in [2.05, 4.69) is 0 Å². The molecule has 0 aromatic heterocycles. The zero-order chi connectivity index (χ0) is 0. The standard InChI is InChI=1S/Ca.2ClH.Mg.2H2O/h;2*1H;;2*1H2/q+2;;;+2;;/p-4. The Bertz CT molecular complexity index is 11.5. The second-order valence-corrected chi connectivity index (χ2v) is 0. The average molecular weight is 169 g/mol. The normalized spacial score (nSPS) is 0. The average Bonchev–Trinajstić information content (AvgIpc) is 0. The van der Waals surface area contributed by atoms with E-state index in [1.807, 2.05) is 0 Å². The molecule has 2 nitrogen and oxygen atoms in total.